The molecule has 0 aliphatic heterocycles. The molecule has 0 bridgehead atoms. The third-order valence-corrected chi connectivity index (χ3v) is 3.50. The van der Waals surface area contributed by atoms with Crippen molar-refractivity contribution in [1.29, 1.82) is 0 Å². The van der Waals surface area contributed by atoms with E-state index >= 15 is 0 Å². The van der Waals surface area contributed by atoms with Crippen LogP contribution in [0.2, 0.25) is 0 Å². The zero-order chi connectivity index (χ0) is 17.1. The number of anilines is 1. The first-order valence-corrected chi connectivity index (χ1v) is 7.61. The number of para-hydroxylation sites is 1. The third kappa shape index (κ3) is 3.12. The predicted molar refractivity (Wildman–Crippen MR) is 90.3 cm³/mol. The summed E-state index contributed by atoms with van der Waals surface area (Å²) >= 11 is 0. The summed E-state index contributed by atoms with van der Waals surface area (Å²) in [5.41, 5.74) is 2.87. The summed E-state index contributed by atoms with van der Waals surface area (Å²) in [6.45, 7) is 3.90. The fourth-order valence-electron chi connectivity index (χ4n) is 2.43. The van der Waals surface area contributed by atoms with E-state index in [1.165, 1.54) is 0 Å². The molecule has 0 saturated heterocycles. The summed E-state index contributed by atoms with van der Waals surface area (Å²) in [6, 6.07) is 10.2. The van der Waals surface area contributed by atoms with Crippen LogP contribution in [-0.4, -0.2) is 27.9 Å². The van der Waals surface area contributed by atoms with Gasteiger partial charge in [0.05, 0.1) is 29.1 Å². The highest BCUT2D eigenvalue weighted by molar-refractivity contribution is 6.08. The van der Waals surface area contributed by atoms with Gasteiger partial charge in [-0.2, -0.15) is 0 Å². The number of aromatic nitrogens is 2. The molecule has 2 heterocycles. The van der Waals surface area contributed by atoms with Gasteiger partial charge < -0.3 is 14.5 Å². The van der Waals surface area contributed by atoms with Gasteiger partial charge in [0, 0.05) is 12.4 Å². The average Bonchev–Trinajstić information content (AvgIpc) is 2.94. The van der Waals surface area contributed by atoms with Gasteiger partial charge in [0.15, 0.2) is 0 Å². The van der Waals surface area contributed by atoms with E-state index in [1.54, 1.807) is 53.9 Å². The molecule has 3 aromatic rings. The molecule has 24 heavy (non-hydrogen) atoms. The minimum Gasteiger partial charge on any atom is -0.462 e. The van der Waals surface area contributed by atoms with E-state index in [0.29, 0.717) is 16.8 Å². The summed E-state index contributed by atoms with van der Waals surface area (Å²) in [6.07, 6.45) is 3.55. The van der Waals surface area contributed by atoms with Crippen molar-refractivity contribution < 1.29 is 14.3 Å². The number of fused-ring (bicyclic) bond motifs is 1. The number of nitrogens with one attached hydrogen (secondary N) is 1. The van der Waals surface area contributed by atoms with Gasteiger partial charge in [-0.25, -0.2) is 9.78 Å². The van der Waals surface area contributed by atoms with E-state index < -0.39 is 5.97 Å². The lowest BCUT2D eigenvalue weighted by molar-refractivity contribution is 0.0527. The van der Waals surface area contributed by atoms with Crippen LogP contribution in [-0.2, 0) is 4.74 Å². The third-order valence-electron chi connectivity index (χ3n) is 3.50. The van der Waals surface area contributed by atoms with E-state index in [0.717, 1.165) is 11.3 Å². The van der Waals surface area contributed by atoms with Crippen molar-refractivity contribution in [3.8, 4) is 0 Å². The molecule has 6 heteroatoms. The van der Waals surface area contributed by atoms with Crippen LogP contribution in [0.25, 0.3) is 5.65 Å². The first-order valence-electron chi connectivity index (χ1n) is 7.61. The zero-order valence-electron chi connectivity index (χ0n) is 13.4. The quantitative estimate of drug-likeness (QED) is 0.749. The number of carbonyl (C=O) groups is 2. The SMILES string of the molecule is CCOC(=O)c1ccccc1NC(=O)c1ccc2nc(C)cn2c1. The highest BCUT2D eigenvalue weighted by Crippen LogP contribution is 2.18. The Balaban J connectivity index is 1.87. The van der Waals surface area contributed by atoms with Gasteiger partial charge in [0.25, 0.3) is 5.91 Å². The highest BCUT2D eigenvalue weighted by Gasteiger charge is 2.15. The fourth-order valence-corrected chi connectivity index (χ4v) is 2.43. The lowest BCUT2D eigenvalue weighted by Crippen LogP contribution is -2.16. The van der Waals surface area contributed by atoms with Crippen molar-refractivity contribution in [3.05, 3.63) is 65.6 Å². The molecule has 1 N–H and O–H groups in total. The monoisotopic (exact) mass is 323 g/mol. The number of pyridine rings is 1. The number of benzene rings is 1. The van der Waals surface area contributed by atoms with Crippen molar-refractivity contribution in [2.75, 3.05) is 11.9 Å². The second-order valence-corrected chi connectivity index (χ2v) is 5.29. The summed E-state index contributed by atoms with van der Waals surface area (Å²) in [5, 5.41) is 2.76. The normalized spacial score (nSPS) is 10.6. The molecule has 0 saturated carbocycles. The molecule has 1 aromatic carbocycles. The lowest BCUT2D eigenvalue weighted by atomic mass is 10.1. The van der Waals surface area contributed by atoms with Gasteiger partial charge in [-0.3, -0.25) is 4.79 Å². The van der Waals surface area contributed by atoms with Gasteiger partial charge in [-0.1, -0.05) is 12.1 Å². The van der Waals surface area contributed by atoms with Gasteiger partial charge in [-0.15, -0.1) is 0 Å². The van der Waals surface area contributed by atoms with Crippen molar-refractivity contribution >= 4 is 23.2 Å². The number of hydrogen-bond acceptors (Lipinski definition) is 4. The lowest BCUT2D eigenvalue weighted by Gasteiger charge is -2.10. The maximum absolute atomic E-state index is 12.5. The molecule has 0 aliphatic rings. The molecule has 0 fully saturated rings. The van der Waals surface area contributed by atoms with Crippen LogP contribution < -0.4 is 5.32 Å². The zero-order valence-corrected chi connectivity index (χ0v) is 13.4. The number of carbonyl (C=O) groups excluding carboxylic acids is 2. The second-order valence-electron chi connectivity index (χ2n) is 5.29. The van der Waals surface area contributed by atoms with Crippen LogP contribution >= 0.6 is 0 Å². The number of imidazole rings is 1. The Morgan fingerprint density at radius 3 is 2.75 bits per heavy atom. The number of amides is 1. The maximum atomic E-state index is 12.5. The molecule has 0 spiro atoms. The molecular weight excluding hydrogens is 306 g/mol. The van der Waals surface area contributed by atoms with E-state index in [9.17, 15) is 9.59 Å². The van der Waals surface area contributed by atoms with E-state index in [2.05, 4.69) is 10.3 Å². The minimum absolute atomic E-state index is 0.276. The number of hydrogen-bond donors (Lipinski definition) is 1. The second kappa shape index (κ2) is 6.54. The Kier molecular flexibility index (Phi) is 4.29. The highest BCUT2D eigenvalue weighted by atomic mass is 16.5. The van der Waals surface area contributed by atoms with Crippen LogP contribution in [0.1, 0.15) is 33.3 Å². The van der Waals surface area contributed by atoms with Gasteiger partial charge in [0.1, 0.15) is 5.65 Å². The molecule has 2 aromatic heterocycles. The van der Waals surface area contributed by atoms with Crippen LogP contribution in [0.3, 0.4) is 0 Å². The Labute approximate surface area is 139 Å². The Bertz CT molecular complexity index is 915. The number of aryl methyl sites for hydroxylation is 1. The number of esters is 1. The Hall–Kier alpha value is -3.15. The first-order chi connectivity index (χ1) is 11.6. The van der Waals surface area contributed by atoms with Gasteiger partial charge in [0.2, 0.25) is 0 Å². The summed E-state index contributed by atoms with van der Waals surface area (Å²) in [4.78, 5) is 28.8. The van der Waals surface area contributed by atoms with Crippen LogP contribution in [0, 0.1) is 6.92 Å². The first kappa shape index (κ1) is 15.7. The summed E-state index contributed by atoms with van der Waals surface area (Å²) < 4.78 is 6.81. The van der Waals surface area contributed by atoms with E-state index in [4.69, 9.17) is 4.74 Å². The molecule has 1 amide bonds. The Morgan fingerprint density at radius 2 is 1.96 bits per heavy atom. The molecular formula is C18H17N3O3. The molecule has 0 aliphatic carbocycles. The molecule has 0 atom stereocenters. The van der Waals surface area contributed by atoms with Crippen molar-refractivity contribution in [1.82, 2.24) is 9.38 Å². The molecule has 6 nitrogen and oxygen atoms in total. The van der Waals surface area contributed by atoms with E-state index in [-0.39, 0.29) is 12.5 Å². The van der Waals surface area contributed by atoms with Crippen LogP contribution in [0.15, 0.2) is 48.8 Å². The fraction of sp³-hybridized carbons (Fsp3) is 0.167. The molecule has 122 valence electrons. The number of rotatable bonds is 4. The topological polar surface area (TPSA) is 72.7 Å². The van der Waals surface area contributed by atoms with Crippen LogP contribution in [0.4, 0.5) is 5.69 Å². The van der Waals surface area contributed by atoms with Crippen molar-refractivity contribution in [2.45, 2.75) is 13.8 Å². The largest absolute Gasteiger partial charge is 0.462 e. The van der Waals surface area contributed by atoms with Gasteiger partial charge in [-0.05, 0) is 38.1 Å². The Morgan fingerprint density at radius 1 is 1.17 bits per heavy atom. The van der Waals surface area contributed by atoms with Crippen molar-refractivity contribution in [3.63, 3.8) is 0 Å². The number of ether oxygens (including phenoxy) is 1. The molecule has 0 unspecified atom stereocenters. The predicted octanol–water partition coefficient (Wildman–Crippen LogP) is 3.07. The maximum Gasteiger partial charge on any atom is 0.340 e. The summed E-state index contributed by atoms with van der Waals surface area (Å²) in [5.74, 6) is -0.769. The molecule has 0 radical (unpaired) electrons. The summed E-state index contributed by atoms with van der Waals surface area (Å²) in [7, 11) is 0. The number of nitrogens with zero attached hydrogens (tertiary/aromatic N) is 2. The molecule has 3 rings (SSSR count). The van der Waals surface area contributed by atoms with Crippen LogP contribution in [0.5, 0.6) is 0 Å². The van der Waals surface area contributed by atoms with Gasteiger partial charge >= 0.3 is 5.97 Å². The minimum atomic E-state index is -0.464. The average molecular weight is 323 g/mol. The standard InChI is InChI=1S/C18H17N3O3/c1-3-24-18(23)14-6-4-5-7-15(14)20-17(22)13-8-9-16-19-12(2)10-21(16)11-13/h4-11H,3H2,1-2H3,(H,20,22). The van der Waals surface area contributed by atoms with Crippen molar-refractivity contribution in [2.24, 2.45) is 0 Å². The van der Waals surface area contributed by atoms with E-state index in [1.807, 2.05) is 13.1 Å². The smallest absolute Gasteiger partial charge is 0.340 e.